The second-order valence-electron chi connectivity index (χ2n) is 5.17. The average molecular weight is 307 g/mol. The van der Waals surface area contributed by atoms with E-state index < -0.39 is 0 Å². The summed E-state index contributed by atoms with van der Waals surface area (Å²) in [5, 5.41) is 1.73. The molecule has 1 atom stereocenters. The normalized spacial score (nSPS) is 12.4. The van der Waals surface area contributed by atoms with Crippen LogP contribution in [0.4, 0.5) is 0 Å². The lowest BCUT2D eigenvalue weighted by Gasteiger charge is -2.09. The van der Waals surface area contributed by atoms with Crippen LogP contribution in [0.2, 0.25) is 5.02 Å². The largest absolute Gasteiger partial charge is 0.328 e. The van der Waals surface area contributed by atoms with Gasteiger partial charge in [0.25, 0.3) is 0 Å². The number of nitrogens with two attached hydrogens (primary N) is 1. The number of nitrogens with zero attached hydrogens (tertiary/aromatic N) is 1. The topological polar surface area (TPSA) is 38.9 Å². The van der Waals surface area contributed by atoms with Gasteiger partial charge in [0.1, 0.15) is 5.03 Å². The number of hydrogen-bond donors (Lipinski definition) is 1. The average Bonchev–Trinajstić information content (AvgIpc) is 2.30. The standard InChI is InChI=1S/C16H19ClN2S/c1-10-6-12(3)19-16(7-10)20-15-5-4-13(8-11(2)18)9-14(15)17/h4-7,9,11H,8,18H2,1-3H3. The molecule has 1 aromatic heterocycles. The van der Waals surface area contributed by atoms with E-state index in [1.165, 1.54) is 11.1 Å². The van der Waals surface area contributed by atoms with Gasteiger partial charge < -0.3 is 5.73 Å². The quantitative estimate of drug-likeness (QED) is 0.910. The van der Waals surface area contributed by atoms with Gasteiger partial charge in [-0.3, -0.25) is 0 Å². The first-order valence-corrected chi connectivity index (χ1v) is 7.80. The first-order valence-electron chi connectivity index (χ1n) is 6.61. The first kappa shape index (κ1) is 15.4. The molecule has 1 unspecified atom stereocenters. The molecule has 0 radical (unpaired) electrons. The van der Waals surface area contributed by atoms with Crippen LogP contribution < -0.4 is 5.73 Å². The zero-order valence-electron chi connectivity index (χ0n) is 12.0. The molecule has 0 saturated heterocycles. The zero-order valence-corrected chi connectivity index (χ0v) is 13.6. The van der Waals surface area contributed by atoms with Crippen LogP contribution in [-0.4, -0.2) is 11.0 Å². The molecular weight excluding hydrogens is 288 g/mol. The Labute approximate surface area is 129 Å². The summed E-state index contributed by atoms with van der Waals surface area (Å²) in [5.74, 6) is 0. The zero-order chi connectivity index (χ0) is 14.7. The number of rotatable bonds is 4. The summed E-state index contributed by atoms with van der Waals surface area (Å²) in [6.07, 6.45) is 0.840. The number of pyridine rings is 1. The molecule has 106 valence electrons. The van der Waals surface area contributed by atoms with Crippen LogP contribution >= 0.6 is 23.4 Å². The smallest absolute Gasteiger partial charge is 0.101 e. The summed E-state index contributed by atoms with van der Waals surface area (Å²) in [4.78, 5) is 5.55. The molecule has 1 heterocycles. The highest BCUT2D eigenvalue weighted by molar-refractivity contribution is 7.99. The van der Waals surface area contributed by atoms with Crippen molar-refractivity contribution in [2.45, 2.75) is 43.2 Å². The Morgan fingerprint density at radius 2 is 2.00 bits per heavy atom. The van der Waals surface area contributed by atoms with E-state index in [2.05, 4.69) is 30.1 Å². The second kappa shape index (κ2) is 6.61. The van der Waals surface area contributed by atoms with Crippen molar-refractivity contribution in [3.63, 3.8) is 0 Å². The van der Waals surface area contributed by atoms with Crippen LogP contribution in [0.1, 0.15) is 23.7 Å². The third-order valence-corrected chi connectivity index (χ3v) is 4.26. The van der Waals surface area contributed by atoms with Crippen molar-refractivity contribution in [1.82, 2.24) is 4.98 Å². The lowest BCUT2D eigenvalue weighted by Crippen LogP contribution is -2.17. The summed E-state index contributed by atoms with van der Waals surface area (Å²) >= 11 is 7.95. The lowest BCUT2D eigenvalue weighted by atomic mass is 10.1. The van der Waals surface area contributed by atoms with Crippen LogP contribution in [0.25, 0.3) is 0 Å². The first-order chi connectivity index (χ1) is 9.44. The van der Waals surface area contributed by atoms with Crippen LogP contribution in [0.15, 0.2) is 40.3 Å². The summed E-state index contributed by atoms with van der Waals surface area (Å²) in [5.41, 5.74) is 9.22. The fourth-order valence-electron chi connectivity index (χ4n) is 2.10. The molecule has 2 nitrogen and oxygen atoms in total. The summed E-state index contributed by atoms with van der Waals surface area (Å²) in [6.45, 7) is 6.08. The van der Waals surface area contributed by atoms with E-state index in [0.29, 0.717) is 0 Å². The van der Waals surface area contributed by atoms with E-state index in [4.69, 9.17) is 17.3 Å². The fraction of sp³-hybridized carbons (Fsp3) is 0.312. The maximum Gasteiger partial charge on any atom is 0.101 e. The number of benzene rings is 1. The van der Waals surface area contributed by atoms with E-state index in [-0.39, 0.29) is 6.04 Å². The van der Waals surface area contributed by atoms with Crippen LogP contribution in [0, 0.1) is 13.8 Å². The molecule has 0 saturated carbocycles. The molecular formula is C16H19ClN2S. The van der Waals surface area contributed by atoms with E-state index in [1.54, 1.807) is 11.8 Å². The number of aromatic nitrogens is 1. The van der Waals surface area contributed by atoms with Crippen molar-refractivity contribution in [1.29, 1.82) is 0 Å². The lowest BCUT2D eigenvalue weighted by molar-refractivity contribution is 0.737. The molecule has 0 aliphatic carbocycles. The molecule has 0 amide bonds. The predicted octanol–water partition coefficient (Wildman–Crippen LogP) is 4.39. The number of hydrogen-bond acceptors (Lipinski definition) is 3. The van der Waals surface area contributed by atoms with Gasteiger partial charge in [0.15, 0.2) is 0 Å². The number of aryl methyl sites for hydroxylation is 2. The van der Waals surface area contributed by atoms with E-state index >= 15 is 0 Å². The Morgan fingerprint density at radius 3 is 2.60 bits per heavy atom. The monoisotopic (exact) mass is 306 g/mol. The molecule has 1 aromatic carbocycles. The van der Waals surface area contributed by atoms with E-state index in [9.17, 15) is 0 Å². The maximum atomic E-state index is 6.35. The molecule has 4 heteroatoms. The Kier molecular flexibility index (Phi) is 5.08. The second-order valence-corrected chi connectivity index (χ2v) is 6.64. The minimum atomic E-state index is 0.144. The van der Waals surface area contributed by atoms with Gasteiger partial charge in [-0.1, -0.05) is 29.4 Å². The Balaban J connectivity index is 2.21. The van der Waals surface area contributed by atoms with Crippen molar-refractivity contribution in [3.05, 3.63) is 52.2 Å². The third-order valence-electron chi connectivity index (χ3n) is 2.84. The Bertz CT molecular complexity index is 591. The van der Waals surface area contributed by atoms with Crippen molar-refractivity contribution in [3.8, 4) is 0 Å². The molecule has 0 aliphatic rings. The summed E-state index contributed by atoms with van der Waals surface area (Å²) < 4.78 is 0. The maximum absolute atomic E-state index is 6.35. The summed E-state index contributed by atoms with van der Waals surface area (Å²) in [6, 6.07) is 10.4. The van der Waals surface area contributed by atoms with Crippen LogP contribution in [0.5, 0.6) is 0 Å². The molecule has 0 bridgehead atoms. The molecule has 20 heavy (non-hydrogen) atoms. The van der Waals surface area contributed by atoms with Gasteiger partial charge in [0, 0.05) is 16.6 Å². The molecule has 0 fully saturated rings. The van der Waals surface area contributed by atoms with Gasteiger partial charge in [-0.2, -0.15) is 0 Å². The van der Waals surface area contributed by atoms with Gasteiger partial charge in [-0.15, -0.1) is 0 Å². The molecule has 2 rings (SSSR count). The van der Waals surface area contributed by atoms with Gasteiger partial charge >= 0.3 is 0 Å². The highest BCUT2D eigenvalue weighted by atomic mass is 35.5. The fourth-order valence-corrected chi connectivity index (χ4v) is 3.37. The van der Waals surface area contributed by atoms with Crippen molar-refractivity contribution in [2.75, 3.05) is 0 Å². The van der Waals surface area contributed by atoms with E-state index in [1.807, 2.05) is 26.0 Å². The molecule has 2 aromatic rings. The minimum Gasteiger partial charge on any atom is -0.328 e. The minimum absolute atomic E-state index is 0.144. The molecule has 2 N–H and O–H groups in total. The SMILES string of the molecule is Cc1cc(C)nc(Sc2ccc(CC(C)N)cc2Cl)c1. The molecule has 0 spiro atoms. The van der Waals surface area contributed by atoms with Gasteiger partial charge in [-0.05, 0) is 62.6 Å². The Hall–Kier alpha value is -1.03. The van der Waals surface area contributed by atoms with Crippen molar-refractivity contribution >= 4 is 23.4 Å². The Morgan fingerprint density at radius 1 is 1.25 bits per heavy atom. The van der Waals surface area contributed by atoms with Gasteiger partial charge in [0.2, 0.25) is 0 Å². The number of halogens is 1. The summed E-state index contributed by atoms with van der Waals surface area (Å²) in [7, 11) is 0. The highest BCUT2D eigenvalue weighted by Crippen LogP contribution is 2.33. The van der Waals surface area contributed by atoms with E-state index in [0.717, 1.165) is 27.1 Å². The van der Waals surface area contributed by atoms with Crippen LogP contribution in [0.3, 0.4) is 0 Å². The van der Waals surface area contributed by atoms with Crippen molar-refractivity contribution < 1.29 is 0 Å². The highest BCUT2D eigenvalue weighted by Gasteiger charge is 2.07. The van der Waals surface area contributed by atoms with Crippen LogP contribution in [-0.2, 0) is 6.42 Å². The van der Waals surface area contributed by atoms with Gasteiger partial charge in [-0.25, -0.2) is 4.98 Å². The predicted molar refractivity (Wildman–Crippen MR) is 86.6 cm³/mol. The van der Waals surface area contributed by atoms with Crippen molar-refractivity contribution in [2.24, 2.45) is 5.73 Å². The third kappa shape index (κ3) is 4.23. The van der Waals surface area contributed by atoms with Gasteiger partial charge in [0.05, 0.1) is 5.02 Å². The molecule has 0 aliphatic heterocycles.